The highest BCUT2D eigenvalue weighted by atomic mass is 13.9. The largest absolute Gasteiger partial charge is 0.0683 e. The molecule has 0 fully saturated rings. The van der Waals surface area contributed by atoms with Crippen LogP contribution in [0.4, 0.5) is 0 Å². The highest BCUT2D eigenvalue weighted by Crippen LogP contribution is 2.11. The van der Waals surface area contributed by atoms with Crippen molar-refractivity contribution in [1.29, 1.82) is 0 Å². The van der Waals surface area contributed by atoms with E-state index >= 15 is 0 Å². The lowest BCUT2D eigenvalue weighted by Crippen LogP contribution is -1.67. The second-order valence-corrected chi connectivity index (χ2v) is 7.31. The van der Waals surface area contributed by atoms with Crippen molar-refractivity contribution in [2.75, 3.05) is 0 Å². The summed E-state index contributed by atoms with van der Waals surface area (Å²) in [6, 6.07) is 47.5. The first-order chi connectivity index (χ1) is 20.1. The van der Waals surface area contributed by atoms with Gasteiger partial charge in [-0.1, -0.05) is 225 Å². The van der Waals surface area contributed by atoms with Gasteiger partial charge in [0.05, 0.1) is 0 Å². The smallest absolute Gasteiger partial charge is 0.0184 e. The minimum absolute atomic E-state index is 1.31. The lowest BCUT2D eigenvalue weighted by atomic mass is 10.1. The third-order valence-corrected chi connectivity index (χ3v) is 4.48. The molecule has 5 aromatic rings. The van der Waals surface area contributed by atoms with Gasteiger partial charge in [0.1, 0.15) is 0 Å². The second-order valence-electron chi connectivity index (χ2n) is 7.31. The SMILES string of the molecule is CC.CC.CC.CC.CC.Cc1ccccc1.Cc1ccccc1.Cc1ccccc1.c1ccc2ccccc2c1. The van der Waals surface area contributed by atoms with Crippen LogP contribution in [0.1, 0.15) is 85.9 Å². The molecule has 5 aromatic carbocycles. The molecule has 0 N–H and O–H groups in total. The fourth-order valence-corrected chi connectivity index (χ4v) is 2.74. The Bertz CT molecular complexity index is 927. The van der Waals surface area contributed by atoms with Crippen molar-refractivity contribution in [2.24, 2.45) is 0 Å². The van der Waals surface area contributed by atoms with Crippen LogP contribution in [0.2, 0.25) is 0 Å². The van der Waals surface area contributed by atoms with Crippen molar-refractivity contribution in [3.8, 4) is 0 Å². The van der Waals surface area contributed by atoms with Gasteiger partial charge in [0.2, 0.25) is 0 Å². The highest BCUT2D eigenvalue weighted by Gasteiger charge is 1.85. The van der Waals surface area contributed by atoms with Gasteiger partial charge in [-0.25, -0.2) is 0 Å². The van der Waals surface area contributed by atoms with E-state index in [0.29, 0.717) is 0 Å². The Labute approximate surface area is 256 Å². The molecule has 0 heterocycles. The summed E-state index contributed by atoms with van der Waals surface area (Å²) in [5.41, 5.74) is 3.97. The van der Waals surface area contributed by atoms with E-state index in [2.05, 4.69) is 106 Å². The summed E-state index contributed by atoms with van der Waals surface area (Å²) in [6.07, 6.45) is 0. The van der Waals surface area contributed by atoms with Gasteiger partial charge in [-0.05, 0) is 31.5 Å². The Balaban J connectivity index is -0.000000204. The number of fused-ring (bicyclic) bond motifs is 1. The van der Waals surface area contributed by atoms with Crippen LogP contribution in [0.5, 0.6) is 0 Å². The summed E-state index contributed by atoms with van der Waals surface area (Å²) in [6.45, 7) is 26.2. The molecule has 5 rings (SSSR count). The summed E-state index contributed by atoms with van der Waals surface area (Å²) >= 11 is 0. The molecule has 0 aliphatic carbocycles. The average molecular weight is 555 g/mol. The molecule has 0 nitrogen and oxygen atoms in total. The monoisotopic (exact) mass is 554 g/mol. The number of hydrogen-bond acceptors (Lipinski definition) is 0. The lowest BCUT2D eigenvalue weighted by molar-refractivity contribution is 1.48. The first kappa shape index (κ1) is 44.4. The first-order valence-corrected chi connectivity index (χ1v) is 15.6. The van der Waals surface area contributed by atoms with Crippen molar-refractivity contribution >= 4 is 10.8 Å². The Kier molecular flexibility index (Phi) is 41.7. The standard InChI is InChI=1S/C10H8.3C7H8.5C2H6/c1-2-6-10-8-4-3-7-9(10)5-1;3*1-7-5-3-2-4-6-7;5*1-2/h1-8H;3*2-6H,1H3;5*1-2H3. The quantitative estimate of drug-likeness (QED) is 0.178. The molecule has 226 valence electrons. The summed E-state index contributed by atoms with van der Waals surface area (Å²) in [5, 5.41) is 2.62. The van der Waals surface area contributed by atoms with Crippen LogP contribution in [-0.2, 0) is 0 Å². The van der Waals surface area contributed by atoms with Crippen LogP contribution in [0.15, 0.2) is 140 Å². The third kappa shape index (κ3) is 29.2. The fraction of sp³-hybridized carbons (Fsp3) is 0.317. The van der Waals surface area contributed by atoms with Gasteiger partial charge in [-0.2, -0.15) is 0 Å². The highest BCUT2D eigenvalue weighted by molar-refractivity contribution is 5.82. The van der Waals surface area contributed by atoms with Gasteiger partial charge >= 0.3 is 0 Å². The Morgan fingerprint density at radius 1 is 0.220 bits per heavy atom. The maximum atomic E-state index is 2.12. The molecular formula is C41H62. The van der Waals surface area contributed by atoms with Crippen LogP contribution in [-0.4, -0.2) is 0 Å². The van der Waals surface area contributed by atoms with Gasteiger partial charge in [0.15, 0.2) is 0 Å². The van der Waals surface area contributed by atoms with Gasteiger partial charge < -0.3 is 0 Å². The molecule has 0 saturated carbocycles. The van der Waals surface area contributed by atoms with Crippen molar-refractivity contribution in [3.05, 3.63) is 156 Å². The number of benzene rings is 5. The van der Waals surface area contributed by atoms with E-state index in [9.17, 15) is 0 Å². The number of hydrogen-bond donors (Lipinski definition) is 0. The number of aryl methyl sites for hydroxylation is 3. The zero-order valence-electron chi connectivity index (χ0n) is 28.8. The predicted octanol–water partition coefficient (Wildman–Crippen LogP) is 14.0. The van der Waals surface area contributed by atoms with Crippen LogP contribution >= 0.6 is 0 Å². The Morgan fingerprint density at radius 3 is 0.488 bits per heavy atom. The van der Waals surface area contributed by atoms with Gasteiger partial charge in [-0.3, -0.25) is 0 Å². The third-order valence-electron chi connectivity index (χ3n) is 4.48. The van der Waals surface area contributed by atoms with Crippen LogP contribution in [0.25, 0.3) is 10.8 Å². The maximum Gasteiger partial charge on any atom is -0.0184 e. The normalized spacial score (nSPS) is 7.63. The molecule has 0 unspecified atom stereocenters. The molecule has 0 amide bonds. The lowest BCUT2D eigenvalue weighted by Gasteiger charge is -1.92. The molecule has 0 aliphatic rings. The van der Waals surface area contributed by atoms with E-state index in [1.807, 2.05) is 124 Å². The summed E-state index contributed by atoms with van der Waals surface area (Å²) in [5.74, 6) is 0. The molecule has 0 aromatic heterocycles. The van der Waals surface area contributed by atoms with Crippen molar-refractivity contribution < 1.29 is 0 Å². The molecule has 0 atom stereocenters. The van der Waals surface area contributed by atoms with Crippen LogP contribution < -0.4 is 0 Å². The second kappa shape index (κ2) is 38.5. The van der Waals surface area contributed by atoms with Gasteiger partial charge in [0.25, 0.3) is 0 Å². The molecule has 0 spiro atoms. The first-order valence-electron chi connectivity index (χ1n) is 15.6. The van der Waals surface area contributed by atoms with Crippen LogP contribution in [0.3, 0.4) is 0 Å². The minimum Gasteiger partial charge on any atom is -0.0683 e. The Hall–Kier alpha value is -3.64. The van der Waals surface area contributed by atoms with Crippen molar-refractivity contribution in [2.45, 2.75) is 90.0 Å². The van der Waals surface area contributed by atoms with E-state index in [4.69, 9.17) is 0 Å². The zero-order valence-corrected chi connectivity index (χ0v) is 28.8. The topological polar surface area (TPSA) is 0 Å². The predicted molar refractivity (Wildman–Crippen MR) is 194 cm³/mol. The van der Waals surface area contributed by atoms with Gasteiger partial charge in [-0.15, -0.1) is 0 Å². The van der Waals surface area contributed by atoms with E-state index in [1.165, 1.54) is 27.5 Å². The van der Waals surface area contributed by atoms with E-state index in [0.717, 1.165) is 0 Å². The Morgan fingerprint density at radius 2 is 0.366 bits per heavy atom. The van der Waals surface area contributed by atoms with Gasteiger partial charge in [0, 0.05) is 0 Å². The molecule has 0 heteroatoms. The van der Waals surface area contributed by atoms with Crippen LogP contribution in [0, 0.1) is 20.8 Å². The van der Waals surface area contributed by atoms with Crippen molar-refractivity contribution in [3.63, 3.8) is 0 Å². The molecule has 41 heavy (non-hydrogen) atoms. The van der Waals surface area contributed by atoms with E-state index < -0.39 is 0 Å². The zero-order chi connectivity index (χ0) is 32.2. The summed E-state index contributed by atoms with van der Waals surface area (Å²) < 4.78 is 0. The van der Waals surface area contributed by atoms with E-state index in [1.54, 1.807) is 0 Å². The average Bonchev–Trinajstić information content (AvgIpc) is 3.08. The van der Waals surface area contributed by atoms with Crippen molar-refractivity contribution in [1.82, 2.24) is 0 Å². The number of rotatable bonds is 0. The minimum atomic E-state index is 1.31. The fourth-order valence-electron chi connectivity index (χ4n) is 2.74. The molecule has 0 bridgehead atoms. The summed E-state index contributed by atoms with van der Waals surface area (Å²) in [7, 11) is 0. The summed E-state index contributed by atoms with van der Waals surface area (Å²) in [4.78, 5) is 0. The maximum absolute atomic E-state index is 2.12. The molecule has 0 saturated heterocycles. The molecule has 0 radical (unpaired) electrons. The van der Waals surface area contributed by atoms with E-state index in [-0.39, 0.29) is 0 Å². The molecule has 0 aliphatic heterocycles. The molecular weight excluding hydrogens is 492 g/mol.